The lowest BCUT2D eigenvalue weighted by Crippen LogP contribution is -2.40. The second kappa shape index (κ2) is 8.10. The number of amides is 1. The van der Waals surface area contributed by atoms with E-state index in [1.807, 2.05) is 6.92 Å². The number of carbonyl (C=O) groups excluding carboxylic acids is 1. The third kappa shape index (κ3) is 6.40. The lowest BCUT2D eigenvalue weighted by atomic mass is 10.0. The molecule has 1 unspecified atom stereocenters. The number of nitrogens with two attached hydrogens (primary N) is 1. The second-order valence-corrected chi connectivity index (χ2v) is 4.09. The Balaban J connectivity index is 3.85. The van der Waals surface area contributed by atoms with Gasteiger partial charge in [0.1, 0.15) is 6.04 Å². The van der Waals surface area contributed by atoms with Crippen LogP contribution in [0.4, 0.5) is 0 Å². The second-order valence-electron chi connectivity index (χ2n) is 4.09. The fourth-order valence-electron chi connectivity index (χ4n) is 1.41. The van der Waals surface area contributed by atoms with Crippen molar-refractivity contribution in [2.45, 2.75) is 45.6 Å². The van der Waals surface area contributed by atoms with Gasteiger partial charge in [-0.25, -0.2) is 4.79 Å². The molecule has 0 saturated heterocycles. The van der Waals surface area contributed by atoms with Gasteiger partial charge >= 0.3 is 5.97 Å². The number of hydrogen-bond acceptors (Lipinski definition) is 3. The number of nitrogens with one attached hydrogen (secondary N) is 1. The molecule has 5 heteroatoms. The van der Waals surface area contributed by atoms with E-state index >= 15 is 0 Å². The van der Waals surface area contributed by atoms with Crippen LogP contribution in [0.1, 0.15) is 39.5 Å². The Morgan fingerprint density at radius 1 is 1.38 bits per heavy atom. The molecule has 0 aliphatic rings. The lowest BCUT2D eigenvalue weighted by Gasteiger charge is -2.13. The minimum atomic E-state index is -0.981. The highest BCUT2D eigenvalue weighted by Crippen LogP contribution is 2.09. The topological polar surface area (TPSA) is 92.4 Å². The summed E-state index contributed by atoms with van der Waals surface area (Å²) in [6.07, 6.45) is 2.41. The van der Waals surface area contributed by atoms with Gasteiger partial charge in [0.2, 0.25) is 5.91 Å². The third-order valence-corrected chi connectivity index (χ3v) is 2.57. The van der Waals surface area contributed by atoms with Crippen molar-refractivity contribution in [3.8, 4) is 0 Å². The number of rotatable bonds is 8. The van der Waals surface area contributed by atoms with Gasteiger partial charge in [0.05, 0.1) is 0 Å². The van der Waals surface area contributed by atoms with Crippen LogP contribution in [0.25, 0.3) is 0 Å². The highest BCUT2D eigenvalue weighted by atomic mass is 16.4. The number of carboxylic acids is 1. The third-order valence-electron chi connectivity index (χ3n) is 2.57. The van der Waals surface area contributed by atoms with Crippen molar-refractivity contribution in [2.75, 3.05) is 6.54 Å². The van der Waals surface area contributed by atoms with E-state index in [1.165, 1.54) is 0 Å². The molecule has 0 spiro atoms. The van der Waals surface area contributed by atoms with Crippen LogP contribution in [0.5, 0.6) is 0 Å². The first kappa shape index (κ1) is 14.9. The van der Waals surface area contributed by atoms with Crippen LogP contribution in [0.2, 0.25) is 0 Å². The number of hydrogen-bond donors (Lipinski definition) is 3. The molecule has 0 aromatic carbocycles. The first-order chi connectivity index (χ1) is 7.51. The number of carboxylic acid groups (broad SMARTS) is 1. The van der Waals surface area contributed by atoms with Gasteiger partial charge < -0.3 is 16.2 Å². The minimum Gasteiger partial charge on any atom is -0.480 e. The predicted molar refractivity (Wildman–Crippen MR) is 61.9 cm³/mol. The lowest BCUT2D eigenvalue weighted by molar-refractivity contribution is -0.141. The van der Waals surface area contributed by atoms with Crippen LogP contribution in [0.3, 0.4) is 0 Å². The molecule has 1 amide bonds. The summed E-state index contributed by atoms with van der Waals surface area (Å²) in [6.45, 7) is 4.39. The summed E-state index contributed by atoms with van der Waals surface area (Å²) < 4.78 is 0. The van der Waals surface area contributed by atoms with E-state index in [-0.39, 0.29) is 5.91 Å². The van der Waals surface area contributed by atoms with E-state index in [0.717, 1.165) is 12.8 Å². The van der Waals surface area contributed by atoms with Crippen molar-refractivity contribution in [1.82, 2.24) is 5.32 Å². The molecule has 2 atom stereocenters. The molecule has 0 fully saturated rings. The Morgan fingerprint density at radius 3 is 2.44 bits per heavy atom. The summed E-state index contributed by atoms with van der Waals surface area (Å²) in [6, 6.07) is -0.766. The standard InChI is InChI=1S/C11H22N2O3/c1-3-9(11(15)16)13-10(14)5-4-8(2)6-7-12/h8-9H,3-7,12H2,1-2H3,(H,13,14)(H,15,16)/t8?,9-/m0/s1. The van der Waals surface area contributed by atoms with Gasteiger partial charge in [-0.1, -0.05) is 13.8 Å². The summed E-state index contributed by atoms with van der Waals surface area (Å²) in [5.41, 5.74) is 5.40. The minimum absolute atomic E-state index is 0.196. The van der Waals surface area contributed by atoms with Crippen molar-refractivity contribution in [1.29, 1.82) is 0 Å². The van der Waals surface area contributed by atoms with E-state index < -0.39 is 12.0 Å². The zero-order valence-electron chi connectivity index (χ0n) is 10.0. The maximum atomic E-state index is 11.4. The van der Waals surface area contributed by atoms with E-state index in [9.17, 15) is 9.59 Å². The zero-order chi connectivity index (χ0) is 12.6. The Bertz CT molecular complexity index is 231. The molecule has 0 rings (SSSR count). The fraction of sp³-hybridized carbons (Fsp3) is 0.818. The highest BCUT2D eigenvalue weighted by molar-refractivity contribution is 5.83. The average molecular weight is 230 g/mol. The van der Waals surface area contributed by atoms with Crippen molar-refractivity contribution in [3.63, 3.8) is 0 Å². The normalized spacial score (nSPS) is 14.2. The van der Waals surface area contributed by atoms with Crippen LogP contribution in [-0.2, 0) is 9.59 Å². The summed E-state index contributed by atoms with van der Waals surface area (Å²) >= 11 is 0. The molecular weight excluding hydrogens is 208 g/mol. The monoisotopic (exact) mass is 230 g/mol. The number of aliphatic carboxylic acids is 1. The maximum absolute atomic E-state index is 11.4. The molecule has 0 aromatic rings. The molecule has 0 heterocycles. The molecule has 0 aliphatic heterocycles. The van der Waals surface area contributed by atoms with Crippen LogP contribution in [0.15, 0.2) is 0 Å². The molecular formula is C11H22N2O3. The smallest absolute Gasteiger partial charge is 0.326 e. The molecule has 0 radical (unpaired) electrons. The summed E-state index contributed by atoms with van der Waals surface area (Å²) in [4.78, 5) is 22.1. The maximum Gasteiger partial charge on any atom is 0.326 e. The van der Waals surface area contributed by atoms with Crippen LogP contribution in [-0.4, -0.2) is 29.6 Å². The van der Waals surface area contributed by atoms with E-state index in [4.69, 9.17) is 10.8 Å². The van der Waals surface area contributed by atoms with Gasteiger partial charge in [0.25, 0.3) is 0 Å². The average Bonchev–Trinajstić information content (AvgIpc) is 2.23. The van der Waals surface area contributed by atoms with Crippen molar-refractivity contribution in [3.05, 3.63) is 0 Å². The van der Waals surface area contributed by atoms with Gasteiger partial charge in [0, 0.05) is 6.42 Å². The first-order valence-electron chi connectivity index (χ1n) is 5.73. The number of carbonyl (C=O) groups is 2. The van der Waals surface area contributed by atoms with E-state index in [2.05, 4.69) is 5.32 Å². The summed E-state index contributed by atoms with van der Waals surface area (Å²) in [5, 5.41) is 11.2. The molecule has 4 N–H and O–H groups in total. The Morgan fingerprint density at radius 2 is 2.00 bits per heavy atom. The first-order valence-corrected chi connectivity index (χ1v) is 5.73. The zero-order valence-corrected chi connectivity index (χ0v) is 10.0. The van der Waals surface area contributed by atoms with Crippen LogP contribution >= 0.6 is 0 Å². The summed E-state index contributed by atoms with van der Waals surface area (Å²) in [7, 11) is 0. The highest BCUT2D eigenvalue weighted by Gasteiger charge is 2.17. The van der Waals surface area contributed by atoms with Crippen molar-refractivity contribution < 1.29 is 14.7 Å². The molecule has 0 bridgehead atoms. The van der Waals surface area contributed by atoms with Gasteiger partial charge in [-0.05, 0) is 31.7 Å². The fourth-order valence-corrected chi connectivity index (χ4v) is 1.41. The molecule has 0 aliphatic carbocycles. The van der Waals surface area contributed by atoms with E-state index in [1.54, 1.807) is 6.92 Å². The molecule has 0 aromatic heterocycles. The Hall–Kier alpha value is -1.10. The van der Waals surface area contributed by atoms with Crippen LogP contribution in [0, 0.1) is 5.92 Å². The Kier molecular flexibility index (Phi) is 7.54. The van der Waals surface area contributed by atoms with Gasteiger partial charge in [-0.3, -0.25) is 4.79 Å². The molecule has 16 heavy (non-hydrogen) atoms. The van der Waals surface area contributed by atoms with Crippen LogP contribution < -0.4 is 11.1 Å². The van der Waals surface area contributed by atoms with Gasteiger partial charge in [-0.15, -0.1) is 0 Å². The predicted octanol–water partition coefficient (Wildman–Crippen LogP) is 0.731. The SMILES string of the molecule is CC[C@H](NC(=O)CCC(C)CCN)C(=O)O. The molecule has 94 valence electrons. The summed E-state index contributed by atoms with van der Waals surface area (Å²) in [5.74, 6) is -0.773. The Labute approximate surface area is 96.4 Å². The largest absolute Gasteiger partial charge is 0.480 e. The van der Waals surface area contributed by atoms with Gasteiger partial charge in [-0.2, -0.15) is 0 Å². The van der Waals surface area contributed by atoms with Crippen molar-refractivity contribution in [2.24, 2.45) is 11.7 Å². The van der Waals surface area contributed by atoms with Gasteiger partial charge in [0.15, 0.2) is 0 Å². The van der Waals surface area contributed by atoms with E-state index in [0.29, 0.717) is 25.3 Å². The molecule has 0 saturated carbocycles. The van der Waals surface area contributed by atoms with Crippen molar-refractivity contribution >= 4 is 11.9 Å². The quantitative estimate of drug-likeness (QED) is 0.573. The molecule has 5 nitrogen and oxygen atoms in total.